The SMILES string of the molecule is O=c1cc2ccc3c(=O)c(=O)cc4ccc(c1=O)c2c43. The molecule has 4 heteroatoms. The molecule has 0 amide bonds. The van der Waals surface area contributed by atoms with E-state index >= 15 is 0 Å². The van der Waals surface area contributed by atoms with E-state index in [1.807, 2.05) is 0 Å². The first-order chi connectivity index (χ1) is 9.58. The van der Waals surface area contributed by atoms with Gasteiger partial charge in [0.25, 0.3) is 0 Å². The minimum Gasteiger partial charge on any atom is -0.286 e. The summed E-state index contributed by atoms with van der Waals surface area (Å²) in [5, 5.41) is 2.98. The molecule has 0 aliphatic rings. The van der Waals surface area contributed by atoms with Crippen molar-refractivity contribution in [1.29, 1.82) is 0 Å². The number of benzene rings is 4. The van der Waals surface area contributed by atoms with Crippen molar-refractivity contribution in [1.82, 2.24) is 0 Å². The predicted molar refractivity (Wildman–Crippen MR) is 77.6 cm³/mol. The van der Waals surface area contributed by atoms with Gasteiger partial charge >= 0.3 is 0 Å². The summed E-state index contributed by atoms with van der Waals surface area (Å²) in [6.07, 6.45) is 0. The molecule has 0 bridgehead atoms. The highest BCUT2D eigenvalue weighted by atomic mass is 16.2. The lowest BCUT2D eigenvalue weighted by atomic mass is 9.94. The Morgan fingerprint density at radius 3 is 1.35 bits per heavy atom. The third-order valence-corrected chi connectivity index (χ3v) is 3.74. The fourth-order valence-corrected chi connectivity index (χ4v) is 2.85. The largest absolute Gasteiger partial charge is 0.286 e. The van der Waals surface area contributed by atoms with E-state index in [2.05, 4.69) is 0 Å². The molecule has 0 unspecified atom stereocenters. The highest BCUT2D eigenvalue weighted by Gasteiger charge is 2.14. The van der Waals surface area contributed by atoms with Crippen LogP contribution in [-0.4, -0.2) is 0 Å². The molecule has 0 aromatic heterocycles. The van der Waals surface area contributed by atoms with Gasteiger partial charge in [0.1, 0.15) is 0 Å². The summed E-state index contributed by atoms with van der Waals surface area (Å²) in [6, 6.07) is 8.84. The molecule has 0 N–H and O–H groups in total. The maximum atomic E-state index is 11.9. The normalized spacial score (nSPS) is 11.8. The molecule has 20 heavy (non-hydrogen) atoms. The van der Waals surface area contributed by atoms with Crippen LogP contribution in [0.2, 0.25) is 0 Å². The molecular formula is C16H6O4. The second kappa shape index (κ2) is 3.36. The molecule has 4 aromatic rings. The Labute approximate surface area is 110 Å². The Morgan fingerprint density at radius 1 is 0.550 bits per heavy atom. The molecule has 0 saturated heterocycles. The third-order valence-electron chi connectivity index (χ3n) is 3.74. The summed E-state index contributed by atoms with van der Waals surface area (Å²) < 4.78 is 0. The average molecular weight is 262 g/mol. The molecule has 0 aliphatic carbocycles. The van der Waals surface area contributed by atoms with Crippen LogP contribution in [0.4, 0.5) is 0 Å². The van der Waals surface area contributed by atoms with Crippen LogP contribution in [0.3, 0.4) is 0 Å². The van der Waals surface area contributed by atoms with E-state index in [4.69, 9.17) is 0 Å². The standard InChI is InChI=1S/C16H6O4/c17-11-5-7-1-3-9-14-8(6-12(18)15(9)19)2-4-10(13(7)14)16(11)20/h1-6H. The summed E-state index contributed by atoms with van der Waals surface area (Å²) >= 11 is 0. The molecule has 0 fully saturated rings. The van der Waals surface area contributed by atoms with Crippen molar-refractivity contribution in [3.05, 3.63) is 77.3 Å². The zero-order chi connectivity index (χ0) is 14.0. The van der Waals surface area contributed by atoms with Crippen LogP contribution in [0.15, 0.2) is 55.6 Å². The maximum absolute atomic E-state index is 11.9. The summed E-state index contributed by atoms with van der Waals surface area (Å²) in [6.45, 7) is 0. The molecule has 4 aromatic carbocycles. The van der Waals surface area contributed by atoms with E-state index < -0.39 is 21.7 Å². The number of hydrogen-bond acceptors (Lipinski definition) is 4. The second-order valence-electron chi connectivity index (χ2n) is 4.83. The molecule has 94 valence electrons. The summed E-state index contributed by atoms with van der Waals surface area (Å²) in [5.74, 6) is 0. The molecular weight excluding hydrogens is 256 g/mol. The summed E-state index contributed by atoms with van der Waals surface area (Å²) in [5.41, 5.74) is -2.29. The lowest BCUT2D eigenvalue weighted by Crippen LogP contribution is -2.25. The maximum Gasteiger partial charge on any atom is 0.233 e. The van der Waals surface area contributed by atoms with E-state index in [1.165, 1.54) is 24.3 Å². The molecule has 4 nitrogen and oxygen atoms in total. The average Bonchev–Trinajstić information content (AvgIpc) is 2.44. The van der Waals surface area contributed by atoms with E-state index in [0.29, 0.717) is 32.3 Å². The van der Waals surface area contributed by atoms with Crippen LogP contribution >= 0.6 is 0 Å². The molecule has 0 spiro atoms. The fourth-order valence-electron chi connectivity index (χ4n) is 2.85. The van der Waals surface area contributed by atoms with Gasteiger partial charge in [0.05, 0.1) is 0 Å². The summed E-state index contributed by atoms with van der Waals surface area (Å²) in [4.78, 5) is 47.1. The minimum absolute atomic E-state index is 0.295. The highest BCUT2D eigenvalue weighted by molar-refractivity contribution is 6.22. The van der Waals surface area contributed by atoms with E-state index in [0.717, 1.165) is 0 Å². The minimum atomic E-state index is -0.578. The van der Waals surface area contributed by atoms with Gasteiger partial charge in [-0.1, -0.05) is 12.1 Å². The molecule has 0 aliphatic heterocycles. The third kappa shape index (κ3) is 1.15. The first-order valence-corrected chi connectivity index (χ1v) is 6.04. The summed E-state index contributed by atoms with van der Waals surface area (Å²) in [7, 11) is 0. The van der Waals surface area contributed by atoms with Gasteiger partial charge in [0, 0.05) is 21.5 Å². The van der Waals surface area contributed by atoms with Crippen molar-refractivity contribution < 1.29 is 0 Å². The van der Waals surface area contributed by atoms with Crippen molar-refractivity contribution in [2.75, 3.05) is 0 Å². The van der Waals surface area contributed by atoms with Crippen molar-refractivity contribution in [2.45, 2.75) is 0 Å². The van der Waals surface area contributed by atoms with E-state index in [1.54, 1.807) is 12.1 Å². The lowest BCUT2D eigenvalue weighted by Gasteiger charge is -2.07. The van der Waals surface area contributed by atoms with Gasteiger partial charge in [-0.25, -0.2) is 0 Å². The van der Waals surface area contributed by atoms with Crippen LogP contribution < -0.4 is 21.7 Å². The second-order valence-corrected chi connectivity index (χ2v) is 4.83. The van der Waals surface area contributed by atoms with Gasteiger partial charge in [-0.2, -0.15) is 0 Å². The van der Waals surface area contributed by atoms with Gasteiger partial charge in [-0.3, -0.25) is 19.2 Å². The van der Waals surface area contributed by atoms with Crippen LogP contribution in [0.25, 0.3) is 32.3 Å². The topological polar surface area (TPSA) is 68.3 Å². The lowest BCUT2D eigenvalue weighted by molar-refractivity contribution is 1.54. The van der Waals surface area contributed by atoms with Crippen LogP contribution in [-0.2, 0) is 0 Å². The molecule has 0 heterocycles. The molecule has 0 atom stereocenters. The number of hydrogen-bond donors (Lipinski definition) is 0. The van der Waals surface area contributed by atoms with Crippen LogP contribution in [0.1, 0.15) is 0 Å². The molecule has 4 rings (SSSR count). The van der Waals surface area contributed by atoms with Crippen molar-refractivity contribution in [3.8, 4) is 0 Å². The van der Waals surface area contributed by atoms with Crippen LogP contribution in [0, 0.1) is 0 Å². The van der Waals surface area contributed by atoms with Gasteiger partial charge in [-0.05, 0) is 35.0 Å². The Bertz CT molecular complexity index is 1110. The quantitative estimate of drug-likeness (QED) is 0.349. The van der Waals surface area contributed by atoms with E-state index in [-0.39, 0.29) is 0 Å². The zero-order valence-corrected chi connectivity index (χ0v) is 10.1. The first-order valence-electron chi connectivity index (χ1n) is 6.04. The highest BCUT2D eigenvalue weighted by Crippen LogP contribution is 2.29. The Morgan fingerprint density at radius 2 is 0.950 bits per heavy atom. The van der Waals surface area contributed by atoms with Crippen LogP contribution in [0.5, 0.6) is 0 Å². The Balaban J connectivity index is 2.57. The van der Waals surface area contributed by atoms with Gasteiger partial charge in [0.15, 0.2) is 0 Å². The van der Waals surface area contributed by atoms with Gasteiger partial charge in [0.2, 0.25) is 21.7 Å². The predicted octanol–water partition coefficient (Wildman–Crippen LogP) is 0.900. The van der Waals surface area contributed by atoms with Crippen molar-refractivity contribution in [2.24, 2.45) is 0 Å². The monoisotopic (exact) mass is 262 g/mol. The smallest absolute Gasteiger partial charge is 0.233 e. The molecule has 0 radical (unpaired) electrons. The van der Waals surface area contributed by atoms with Crippen molar-refractivity contribution >= 4 is 32.3 Å². The zero-order valence-electron chi connectivity index (χ0n) is 10.1. The Hall–Kier alpha value is -2.88. The molecule has 0 saturated carbocycles. The number of rotatable bonds is 0. The fraction of sp³-hybridized carbons (Fsp3) is 0. The first kappa shape index (κ1) is 11.0. The van der Waals surface area contributed by atoms with Crippen molar-refractivity contribution in [3.63, 3.8) is 0 Å². The van der Waals surface area contributed by atoms with Gasteiger partial charge < -0.3 is 0 Å². The Kier molecular flexibility index (Phi) is 1.85. The van der Waals surface area contributed by atoms with E-state index in [9.17, 15) is 19.2 Å². The van der Waals surface area contributed by atoms with Gasteiger partial charge in [-0.15, -0.1) is 0 Å².